The largest absolute Gasteiger partial charge is 0.493 e. The number of amides is 3. The van der Waals surface area contributed by atoms with E-state index < -0.39 is 0 Å². The van der Waals surface area contributed by atoms with Crippen LogP contribution >= 0.6 is 27.3 Å². The number of hydrogen-bond acceptors (Lipinski definition) is 6. The molecule has 8 nitrogen and oxygen atoms in total. The van der Waals surface area contributed by atoms with Crippen molar-refractivity contribution < 1.29 is 23.8 Å². The molecule has 2 heterocycles. The van der Waals surface area contributed by atoms with Gasteiger partial charge >= 0.3 is 6.03 Å². The van der Waals surface area contributed by atoms with Gasteiger partial charge in [-0.3, -0.25) is 4.79 Å². The summed E-state index contributed by atoms with van der Waals surface area (Å²) in [6.07, 6.45) is 2.37. The minimum absolute atomic E-state index is 0.0482. The summed E-state index contributed by atoms with van der Waals surface area (Å²) in [6, 6.07) is 16.9. The molecule has 39 heavy (non-hydrogen) atoms. The van der Waals surface area contributed by atoms with Crippen molar-refractivity contribution in [2.45, 2.75) is 31.9 Å². The van der Waals surface area contributed by atoms with E-state index >= 15 is 0 Å². The summed E-state index contributed by atoms with van der Waals surface area (Å²) in [5.41, 5.74) is 1.68. The Morgan fingerprint density at radius 2 is 1.90 bits per heavy atom. The van der Waals surface area contributed by atoms with Gasteiger partial charge < -0.3 is 29.3 Å². The minimum atomic E-state index is -0.332. The topological polar surface area (TPSA) is 80.3 Å². The minimum Gasteiger partial charge on any atom is -0.493 e. The Bertz CT molecular complexity index is 1230. The number of benzene rings is 2. The molecule has 1 aliphatic rings. The van der Waals surface area contributed by atoms with Gasteiger partial charge in [0.25, 0.3) is 0 Å². The van der Waals surface area contributed by atoms with Crippen molar-refractivity contribution in [2.75, 3.05) is 45.8 Å². The third-order valence-corrected chi connectivity index (χ3v) is 8.13. The standard InChI is InChI=1S/C29H34BrN3O5S/c1-36-26-12-11-21(17-27(26)37-2)13-14-32(19-23-8-6-16-39-23)28(34)20-33(18-22-7-5-15-38-22)29(35)31-25-10-4-3-9-24(25)30/h3-4,6,8-12,16-17,22H,5,7,13-15,18-20H2,1-2H3,(H,31,35). The lowest BCUT2D eigenvalue weighted by Gasteiger charge is -2.29. The summed E-state index contributed by atoms with van der Waals surface area (Å²) in [7, 11) is 3.21. The fourth-order valence-electron chi connectivity index (χ4n) is 4.46. The first kappa shape index (κ1) is 28.9. The van der Waals surface area contributed by atoms with Gasteiger partial charge in [0.15, 0.2) is 11.5 Å². The number of urea groups is 1. The number of rotatable bonds is 12. The average Bonchev–Trinajstić information content (AvgIpc) is 3.66. The van der Waals surface area contributed by atoms with Gasteiger partial charge in [0.2, 0.25) is 5.91 Å². The van der Waals surface area contributed by atoms with Crippen LogP contribution in [0.5, 0.6) is 11.5 Å². The van der Waals surface area contributed by atoms with Gasteiger partial charge in [0, 0.05) is 29.0 Å². The number of anilines is 1. The Hall–Kier alpha value is -3.08. The molecule has 1 fully saturated rings. The van der Waals surface area contributed by atoms with Crippen LogP contribution in [0.3, 0.4) is 0 Å². The van der Waals surface area contributed by atoms with E-state index in [-0.39, 0.29) is 24.6 Å². The Kier molecular flexibility index (Phi) is 10.6. The molecule has 0 aliphatic carbocycles. The number of halogens is 1. The van der Waals surface area contributed by atoms with E-state index in [0.29, 0.717) is 49.8 Å². The van der Waals surface area contributed by atoms with Crippen molar-refractivity contribution in [2.24, 2.45) is 0 Å². The van der Waals surface area contributed by atoms with Crippen molar-refractivity contribution in [1.82, 2.24) is 9.80 Å². The highest BCUT2D eigenvalue weighted by Crippen LogP contribution is 2.28. The first-order chi connectivity index (χ1) is 19.0. The first-order valence-electron chi connectivity index (χ1n) is 12.9. The number of ether oxygens (including phenoxy) is 3. The molecule has 1 N–H and O–H groups in total. The summed E-state index contributed by atoms with van der Waals surface area (Å²) in [6.45, 7) is 1.95. The lowest BCUT2D eigenvalue weighted by Crippen LogP contribution is -2.47. The zero-order valence-electron chi connectivity index (χ0n) is 22.2. The van der Waals surface area contributed by atoms with E-state index in [1.165, 1.54) is 0 Å². The molecule has 1 saturated heterocycles. The molecular formula is C29H34BrN3O5S. The lowest BCUT2D eigenvalue weighted by molar-refractivity contribution is -0.132. The van der Waals surface area contributed by atoms with Gasteiger partial charge in [0.1, 0.15) is 6.54 Å². The van der Waals surface area contributed by atoms with E-state index in [2.05, 4.69) is 21.2 Å². The maximum Gasteiger partial charge on any atom is 0.322 e. The van der Waals surface area contributed by atoms with Crippen LogP contribution in [0.2, 0.25) is 0 Å². The molecule has 0 saturated carbocycles. The van der Waals surface area contributed by atoms with Gasteiger partial charge in [-0.1, -0.05) is 24.3 Å². The smallest absolute Gasteiger partial charge is 0.322 e. The quantitative estimate of drug-likeness (QED) is 0.278. The monoisotopic (exact) mass is 615 g/mol. The van der Waals surface area contributed by atoms with Crippen molar-refractivity contribution in [3.05, 3.63) is 74.9 Å². The normalized spacial score (nSPS) is 14.6. The second-order valence-electron chi connectivity index (χ2n) is 9.26. The number of methoxy groups -OCH3 is 2. The molecule has 1 unspecified atom stereocenters. The van der Waals surface area contributed by atoms with Crippen LogP contribution < -0.4 is 14.8 Å². The maximum absolute atomic E-state index is 13.7. The first-order valence-corrected chi connectivity index (χ1v) is 14.6. The summed E-state index contributed by atoms with van der Waals surface area (Å²) >= 11 is 5.09. The molecular weight excluding hydrogens is 582 g/mol. The highest BCUT2D eigenvalue weighted by Gasteiger charge is 2.27. The summed E-state index contributed by atoms with van der Waals surface area (Å²) in [5, 5.41) is 4.95. The van der Waals surface area contributed by atoms with Crippen LogP contribution in [-0.2, 0) is 22.5 Å². The van der Waals surface area contributed by atoms with E-state index in [4.69, 9.17) is 14.2 Å². The zero-order chi connectivity index (χ0) is 27.6. The number of thiophene rings is 1. The number of para-hydroxylation sites is 1. The van der Waals surface area contributed by atoms with Crippen molar-refractivity contribution >= 4 is 44.9 Å². The van der Waals surface area contributed by atoms with E-state index in [9.17, 15) is 9.59 Å². The van der Waals surface area contributed by atoms with Gasteiger partial charge in [-0.2, -0.15) is 0 Å². The van der Waals surface area contributed by atoms with Crippen LogP contribution in [0, 0.1) is 0 Å². The van der Waals surface area contributed by atoms with Gasteiger partial charge in [-0.25, -0.2) is 4.79 Å². The molecule has 1 aliphatic heterocycles. The van der Waals surface area contributed by atoms with Crippen LogP contribution in [0.4, 0.5) is 10.5 Å². The summed E-state index contributed by atoms with van der Waals surface area (Å²) in [4.78, 5) is 31.6. The predicted octanol–water partition coefficient (Wildman–Crippen LogP) is 5.81. The van der Waals surface area contributed by atoms with Crippen LogP contribution in [0.1, 0.15) is 23.3 Å². The number of carbonyl (C=O) groups is 2. The van der Waals surface area contributed by atoms with Crippen molar-refractivity contribution in [3.8, 4) is 11.5 Å². The third-order valence-electron chi connectivity index (χ3n) is 6.57. The Morgan fingerprint density at radius 1 is 1.08 bits per heavy atom. The third kappa shape index (κ3) is 8.20. The number of carbonyl (C=O) groups excluding carboxylic acids is 2. The lowest BCUT2D eigenvalue weighted by atomic mass is 10.1. The van der Waals surface area contributed by atoms with Crippen LogP contribution in [0.15, 0.2) is 64.5 Å². The SMILES string of the molecule is COc1ccc(CCN(Cc2cccs2)C(=O)CN(CC2CCCO2)C(=O)Nc2ccccc2Br)cc1OC. The number of nitrogens with one attached hydrogen (secondary N) is 1. The Labute approximate surface area is 242 Å². The van der Waals surface area contributed by atoms with Crippen molar-refractivity contribution in [3.63, 3.8) is 0 Å². The Balaban J connectivity index is 1.49. The zero-order valence-corrected chi connectivity index (χ0v) is 24.6. The second kappa shape index (κ2) is 14.3. The van der Waals surface area contributed by atoms with Crippen LogP contribution in [0.25, 0.3) is 0 Å². The number of hydrogen-bond donors (Lipinski definition) is 1. The molecule has 208 valence electrons. The van der Waals surface area contributed by atoms with E-state index in [0.717, 1.165) is 27.8 Å². The molecule has 10 heteroatoms. The van der Waals surface area contributed by atoms with E-state index in [1.807, 2.05) is 64.9 Å². The second-order valence-corrected chi connectivity index (χ2v) is 11.1. The van der Waals surface area contributed by atoms with Crippen LogP contribution in [-0.4, -0.2) is 68.3 Å². The Morgan fingerprint density at radius 3 is 2.59 bits per heavy atom. The molecule has 3 aromatic rings. The highest BCUT2D eigenvalue weighted by molar-refractivity contribution is 9.10. The molecule has 0 spiro atoms. The molecule has 4 rings (SSSR count). The molecule has 0 radical (unpaired) electrons. The maximum atomic E-state index is 13.7. The van der Waals surface area contributed by atoms with E-state index in [1.54, 1.807) is 30.5 Å². The number of nitrogens with zero attached hydrogens (tertiary/aromatic N) is 2. The molecule has 1 aromatic heterocycles. The summed E-state index contributed by atoms with van der Waals surface area (Å²) < 4.78 is 17.4. The predicted molar refractivity (Wildman–Crippen MR) is 157 cm³/mol. The van der Waals surface area contributed by atoms with Gasteiger partial charge in [-0.05, 0) is 76.5 Å². The van der Waals surface area contributed by atoms with Crippen molar-refractivity contribution in [1.29, 1.82) is 0 Å². The average molecular weight is 617 g/mol. The molecule has 0 bridgehead atoms. The fourth-order valence-corrected chi connectivity index (χ4v) is 5.56. The van der Waals surface area contributed by atoms with Gasteiger partial charge in [-0.15, -0.1) is 11.3 Å². The molecule has 2 aromatic carbocycles. The highest BCUT2D eigenvalue weighted by atomic mass is 79.9. The molecule has 3 amide bonds. The fraction of sp³-hybridized carbons (Fsp3) is 0.379. The molecule has 1 atom stereocenters. The van der Waals surface area contributed by atoms with Gasteiger partial charge in [0.05, 0.1) is 32.6 Å². The summed E-state index contributed by atoms with van der Waals surface area (Å²) in [5.74, 6) is 1.19.